The van der Waals surface area contributed by atoms with Crippen LogP contribution >= 0.6 is 0 Å². The molecule has 8 nitrogen and oxygen atoms in total. The van der Waals surface area contributed by atoms with Crippen molar-refractivity contribution in [3.63, 3.8) is 0 Å². The SMILES string of the molecule is CCOC1CCCN(C(=O)N(CC(N)=O)CC(=O)O)C1. The van der Waals surface area contributed by atoms with E-state index in [1.54, 1.807) is 0 Å². The number of urea groups is 1. The van der Waals surface area contributed by atoms with Crippen LogP contribution in [0.1, 0.15) is 19.8 Å². The predicted octanol–water partition coefficient (Wildman–Crippen LogP) is -0.521. The van der Waals surface area contributed by atoms with Crippen LogP contribution in [0.2, 0.25) is 0 Å². The molecule has 1 aliphatic heterocycles. The molecule has 8 heteroatoms. The number of nitrogens with zero attached hydrogens (tertiary/aromatic N) is 2. The predicted molar refractivity (Wildman–Crippen MR) is 70.0 cm³/mol. The van der Waals surface area contributed by atoms with Gasteiger partial charge < -0.3 is 25.4 Å². The van der Waals surface area contributed by atoms with Crippen molar-refractivity contribution in [2.75, 3.05) is 32.8 Å². The lowest BCUT2D eigenvalue weighted by Gasteiger charge is -2.35. The van der Waals surface area contributed by atoms with Crippen LogP contribution in [0.4, 0.5) is 4.79 Å². The van der Waals surface area contributed by atoms with E-state index < -0.39 is 31.0 Å². The van der Waals surface area contributed by atoms with Gasteiger partial charge in [0.25, 0.3) is 0 Å². The van der Waals surface area contributed by atoms with Crippen molar-refractivity contribution in [1.82, 2.24) is 9.80 Å². The third kappa shape index (κ3) is 5.04. The average molecular weight is 287 g/mol. The molecule has 0 aromatic heterocycles. The molecule has 0 aromatic rings. The van der Waals surface area contributed by atoms with E-state index in [0.29, 0.717) is 19.7 Å². The summed E-state index contributed by atoms with van der Waals surface area (Å²) in [5.74, 6) is -1.92. The van der Waals surface area contributed by atoms with Gasteiger partial charge in [-0.3, -0.25) is 9.59 Å². The van der Waals surface area contributed by atoms with Gasteiger partial charge in [-0.25, -0.2) is 4.79 Å². The molecule has 1 heterocycles. The van der Waals surface area contributed by atoms with E-state index in [2.05, 4.69) is 0 Å². The first-order valence-corrected chi connectivity index (χ1v) is 6.59. The summed E-state index contributed by atoms with van der Waals surface area (Å²) in [6.07, 6.45) is 1.61. The number of nitrogens with two attached hydrogens (primary N) is 1. The minimum atomic E-state index is -1.18. The number of carbonyl (C=O) groups is 3. The van der Waals surface area contributed by atoms with Crippen molar-refractivity contribution in [2.45, 2.75) is 25.9 Å². The molecule has 0 saturated carbocycles. The van der Waals surface area contributed by atoms with Gasteiger partial charge in [-0.15, -0.1) is 0 Å². The first kappa shape index (κ1) is 16.2. The molecule has 3 N–H and O–H groups in total. The monoisotopic (exact) mass is 287 g/mol. The Hall–Kier alpha value is -1.83. The quantitative estimate of drug-likeness (QED) is 0.682. The van der Waals surface area contributed by atoms with Crippen molar-refractivity contribution in [2.24, 2.45) is 5.73 Å². The fourth-order valence-electron chi connectivity index (χ4n) is 2.23. The lowest BCUT2D eigenvalue weighted by molar-refractivity contribution is -0.138. The van der Waals surface area contributed by atoms with Gasteiger partial charge in [-0.1, -0.05) is 0 Å². The van der Waals surface area contributed by atoms with E-state index in [9.17, 15) is 14.4 Å². The maximum atomic E-state index is 12.2. The van der Waals surface area contributed by atoms with Gasteiger partial charge in [0.2, 0.25) is 5.91 Å². The van der Waals surface area contributed by atoms with Crippen LogP contribution in [0.5, 0.6) is 0 Å². The largest absolute Gasteiger partial charge is 0.480 e. The molecule has 0 bridgehead atoms. The van der Waals surface area contributed by atoms with Gasteiger partial charge in [0, 0.05) is 19.7 Å². The minimum Gasteiger partial charge on any atom is -0.480 e. The van der Waals surface area contributed by atoms with Crippen LogP contribution in [0.3, 0.4) is 0 Å². The summed E-state index contributed by atoms with van der Waals surface area (Å²) in [5, 5.41) is 8.79. The summed E-state index contributed by atoms with van der Waals surface area (Å²) < 4.78 is 5.48. The molecule has 114 valence electrons. The van der Waals surface area contributed by atoms with Crippen molar-refractivity contribution in [1.29, 1.82) is 0 Å². The first-order valence-electron chi connectivity index (χ1n) is 6.59. The third-order valence-electron chi connectivity index (χ3n) is 2.99. The number of ether oxygens (including phenoxy) is 1. The lowest BCUT2D eigenvalue weighted by atomic mass is 10.1. The summed E-state index contributed by atoms with van der Waals surface area (Å²) in [4.78, 5) is 36.4. The van der Waals surface area contributed by atoms with E-state index in [1.807, 2.05) is 6.92 Å². The van der Waals surface area contributed by atoms with Gasteiger partial charge in [0.15, 0.2) is 0 Å². The Morgan fingerprint density at radius 2 is 2.10 bits per heavy atom. The standard InChI is InChI=1S/C12H21N3O5/c1-2-20-9-4-3-5-14(6-9)12(19)15(7-10(13)16)8-11(17)18/h9H,2-8H2,1H3,(H2,13,16)(H,17,18). The number of amides is 3. The molecule has 3 amide bonds. The minimum absolute atomic E-state index is 0.0436. The van der Waals surface area contributed by atoms with Crippen LogP contribution in [0.15, 0.2) is 0 Å². The van der Waals surface area contributed by atoms with E-state index in [1.165, 1.54) is 4.90 Å². The topological polar surface area (TPSA) is 113 Å². The van der Waals surface area contributed by atoms with Crippen molar-refractivity contribution in [3.05, 3.63) is 0 Å². The molecule has 0 radical (unpaired) electrons. The van der Waals surface area contributed by atoms with Crippen LogP contribution in [0.25, 0.3) is 0 Å². The number of piperidine rings is 1. The van der Waals surface area contributed by atoms with Crippen LogP contribution < -0.4 is 5.73 Å². The summed E-state index contributed by atoms with van der Waals surface area (Å²) in [5.41, 5.74) is 5.04. The third-order valence-corrected chi connectivity index (χ3v) is 2.99. The van der Waals surface area contributed by atoms with Crippen molar-refractivity contribution in [3.8, 4) is 0 Å². The number of rotatable bonds is 6. The molecule has 1 unspecified atom stereocenters. The zero-order chi connectivity index (χ0) is 15.1. The molecule has 1 aliphatic rings. The molecule has 0 spiro atoms. The number of hydrogen-bond donors (Lipinski definition) is 2. The highest BCUT2D eigenvalue weighted by molar-refractivity contribution is 5.86. The van der Waals surface area contributed by atoms with Crippen LogP contribution in [-0.4, -0.2) is 71.7 Å². The average Bonchev–Trinajstić information content (AvgIpc) is 2.37. The molecular weight excluding hydrogens is 266 g/mol. The second-order valence-electron chi connectivity index (χ2n) is 4.66. The molecule has 1 atom stereocenters. The normalized spacial score (nSPS) is 18.6. The number of carboxylic acid groups (broad SMARTS) is 1. The maximum absolute atomic E-state index is 12.2. The highest BCUT2D eigenvalue weighted by Gasteiger charge is 2.29. The molecule has 1 rings (SSSR count). The van der Waals surface area contributed by atoms with Gasteiger partial charge in [0.1, 0.15) is 13.1 Å². The number of carbonyl (C=O) groups excluding carboxylic acids is 2. The number of hydrogen-bond acceptors (Lipinski definition) is 4. The summed E-state index contributed by atoms with van der Waals surface area (Å²) in [7, 11) is 0. The highest BCUT2D eigenvalue weighted by Crippen LogP contribution is 2.15. The first-order chi connectivity index (χ1) is 9.43. The van der Waals surface area contributed by atoms with E-state index in [-0.39, 0.29) is 6.10 Å². The summed E-state index contributed by atoms with van der Waals surface area (Å²) in [6, 6.07) is -0.490. The Kier molecular flexibility index (Phi) is 6.23. The second-order valence-corrected chi connectivity index (χ2v) is 4.66. The van der Waals surface area contributed by atoms with Crippen molar-refractivity contribution < 1.29 is 24.2 Å². The number of carboxylic acids is 1. The molecule has 1 saturated heterocycles. The lowest BCUT2D eigenvalue weighted by Crippen LogP contribution is -2.52. The Bertz CT molecular complexity index is 356. The smallest absolute Gasteiger partial charge is 0.323 e. The van der Waals surface area contributed by atoms with Crippen LogP contribution in [-0.2, 0) is 14.3 Å². The Labute approximate surface area is 117 Å². The number of primary amides is 1. The van der Waals surface area contributed by atoms with E-state index >= 15 is 0 Å². The van der Waals surface area contributed by atoms with E-state index in [0.717, 1.165) is 17.7 Å². The molecule has 0 aromatic carbocycles. The maximum Gasteiger partial charge on any atom is 0.323 e. The van der Waals surface area contributed by atoms with Gasteiger partial charge in [0.05, 0.1) is 6.10 Å². The Balaban J connectivity index is 2.67. The summed E-state index contributed by atoms with van der Waals surface area (Å²) >= 11 is 0. The van der Waals surface area contributed by atoms with Gasteiger partial charge in [-0.2, -0.15) is 0 Å². The van der Waals surface area contributed by atoms with Crippen LogP contribution in [0, 0.1) is 0 Å². The molecule has 1 fully saturated rings. The molecular formula is C12H21N3O5. The Morgan fingerprint density at radius 1 is 1.40 bits per heavy atom. The fourth-order valence-corrected chi connectivity index (χ4v) is 2.23. The molecule has 20 heavy (non-hydrogen) atoms. The zero-order valence-electron chi connectivity index (χ0n) is 11.6. The van der Waals surface area contributed by atoms with Gasteiger partial charge in [-0.05, 0) is 19.8 Å². The highest BCUT2D eigenvalue weighted by atomic mass is 16.5. The molecule has 0 aliphatic carbocycles. The summed E-state index contributed by atoms with van der Waals surface area (Å²) in [6.45, 7) is 2.43. The van der Waals surface area contributed by atoms with E-state index in [4.69, 9.17) is 15.6 Å². The zero-order valence-corrected chi connectivity index (χ0v) is 11.6. The number of likely N-dealkylation sites (tertiary alicyclic amines) is 1. The second kappa shape index (κ2) is 7.68. The van der Waals surface area contributed by atoms with Gasteiger partial charge >= 0.3 is 12.0 Å². The van der Waals surface area contributed by atoms with Crippen molar-refractivity contribution >= 4 is 17.9 Å². The Morgan fingerprint density at radius 3 is 2.65 bits per heavy atom. The number of aliphatic carboxylic acids is 1. The fraction of sp³-hybridized carbons (Fsp3) is 0.750.